The Labute approximate surface area is 523 Å². The Bertz CT molecular complexity index is 4610. The highest BCUT2D eigenvalue weighted by Gasteiger charge is 2.46. The zero-order valence-corrected chi connectivity index (χ0v) is 52.8. The molecule has 0 unspecified atom stereocenters. The fourth-order valence-corrected chi connectivity index (χ4v) is 14.5. The summed E-state index contributed by atoms with van der Waals surface area (Å²) in [4.78, 5) is 5.03. The van der Waals surface area contributed by atoms with Gasteiger partial charge in [-0.25, -0.2) is 0 Å². The van der Waals surface area contributed by atoms with E-state index in [-0.39, 0.29) is 28.4 Å². The second-order valence-electron chi connectivity index (χ2n) is 28.7. The van der Waals surface area contributed by atoms with Crippen molar-refractivity contribution in [3.05, 3.63) is 222 Å². The molecule has 8 heteroatoms. The standard InChI is InChI=1S/C81H73BN2O5/c1-78(2,3)56-22-16-48(17-23-56)53-36-54(49-18-24-57(25-19-49)79(4,5)6)38-60(37-53)84-67-30-26-58(80(7,8)9)44-65(67)82-66-46-75-76(88-35-34-87-75)47-68(66)83(59-27-31-72-74(45-59)86-33-32-85-72)69-41-55(42-70(84)77(69)82)50-20-28-61-62-29-21-52(40-64(62)81(10,11)63(61)39-50)73-43-51-14-12-13-15-71(51)89-73/h12-31,36-47H,32-35H2,1-11H3. The van der Waals surface area contributed by atoms with E-state index in [9.17, 15) is 0 Å². The summed E-state index contributed by atoms with van der Waals surface area (Å²) in [6, 6.07) is 73.2. The molecule has 7 nitrogen and oxygen atoms in total. The molecule has 0 fully saturated rings. The van der Waals surface area contributed by atoms with Gasteiger partial charge in [-0.3, -0.25) is 0 Å². The lowest BCUT2D eigenvalue weighted by Crippen LogP contribution is -2.61. The molecule has 5 aliphatic rings. The topological polar surface area (TPSA) is 56.5 Å². The molecule has 0 atom stereocenters. The molecule has 440 valence electrons. The SMILES string of the molecule is CC(C)(C)c1ccc(-c2cc(-c3ccc(C(C)(C)C)cc3)cc(N3c4ccc(C(C)(C)C)cc4B4c5cc6c(cc5N(c5ccc7c(c5)OCCO7)c5cc(-c7ccc8c(c7)C(C)(C)c7cc(-c9cc%10ccccc%10o9)ccc7-8)cc3c54)OCCO6)c2)cc1. The lowest BCUT2D eigenvalue weighted by atomic mass is 9.33. The van der Waals surface area contributed by atoms with Crippen LogP contribution in [0, 0.1) is 0 Å². The first kappa shape index (κ1) is 55.0. The van der Waals surface area contributed by atoms with Crippen LogP contribution in [0.5, 0.6) is 23.0 Å². The monoisotopic (exact) mass is 1160 g/mol. The summed E-state index contributed by atoms with van der Waals surface area (Å²) in [6.07, 6.45) is 0. The Morgan fingerprint density at radius 3 is 1.48 bits per heavy atom. The minimum absolute atomic E-state index is 0.00757. The smallest absolute Gasteiger partial charge is 0.252 e. The zero-order valence-electron chi connectivity index (χ0n) is 52.8. The van der Waals surface area contributed by atoms with E-state index >= 15 is 0 Å². The molecule has 4 aliphatic heterocycles. The third-order valence-corrected chi connectivity index (χ3v) is 19.4. The van der Waals surface area contributed by atoms with Crippen LogP contribution in [0.3, 0.4) is 0 Å². The number of anilines is 6. The van der Waals surface area contributed by atoms with Crippen molar-refractivity contribution < 1.29 is 23.4 Å². The Balaban J connectivity index is 0.963. The maximum absolute atomic E-state index is 6.55. The normalized spacial score (nSPS) is 15.1. The van der Waals surface area contributed by atoms with Crippen molar-refractivity contribution in [2.24, 2.45) is 0 Å². The Hall–Kier alpha value is -9.40. The minimum atomic E-state index is -0.323. The Kier molecular flexibility index (Phi) is 12.2. The van der Waals surface area contributed by atoms with Gasteiger partial charge in [0.05, 0.1) is 5.69 Å². The second-order valence-corrected chi connectivity index (χ2v) is 28.7. The van der Waals surface area contributed by atoms with Gasteiger partial charge in [-0.15, -0.1) is 0 Å². The Morgan fingerprint density at radius 2 is 0.876 bits per heavy atom. The van der Waals surface area contributed by atoms with Crippen molar-refractivity contribution in [2.45, 2.75) is 97.8 Å². The number of para-hydroxylation sites is 1. The van der Waals surface area contributed by atoms with E-state index in [4.69, 9.17) is 23.4 Å². The molecule has 0 bridgehead atoms. The lowest BCUT2D eigenvalue weighted by molar-refractivity contribution is 0.171. The molecular weight excluding hydrogens is 1090 g/mol. The van der Waals surface area contributed by atoms with E-state index in [1.165, 1.54) is 61.0 Å². The maximum atomic E-state index is 6.55. The van der Waals surface area contributed by atoms with Crippen LogP contribution in [0.2, 0.25) is 0 Å². The van der Waals surface area contributed by atoms with Crippen LogP contribution in [-0.2, 0) is 21.7 Å². The molecule has 10 aromatic carbocycles. The van der Waals surface area contributed by atoms with Gasteiger partial charge in [-0.1, -0.05) is 179 Å². The van der Waals surface area contributed by atoms with Crippen LogP contribution in [0.15, 0.2) is 199 Å². The van der Waals surface area contributed by atoms with Gasteiger partial charge in [0, 0.05) is 56.9 Å². The number of rotatable bonds is 6. The van der Waals surface area contributed by atoms with Crippen LogP contribution >= 0.6 is 0 Å². The molecule has 11 aromatic rings. The summed E-state index contributed by atoms with van der Waals surface area (Å²) in [5, 5.41) is 1.10. The minimum Gasteiger partial charge on any atom is -0.486 e. The van der Waals surface area contributed by atoms with E-state index in [0.29, 0.717) is 26.4 Å². The van der Waals surface area contributed by atoms with Crippen molar-refractivity contribution in [1.82, 2.24) is 0 Å². The van der Waals surface area contributed by atoms with Crippen molar-refractivity contribution in [1.29, 1.82) is 0 Å². The summed E-state index contributed by atoms with van der Waals surface area (Å²) in [5.74, 6) is 3.83. The average Bonchev–Trinajstić information content (AvgIpc) is 1.31. The Morgan fingerprint density at radius 1 is 0.371 bits per heavy atom. The summed E-state index contributed by atoms with van der Waals surface area (Å²) >= 11 is 0. The summed E-state index contributed by atoms with van der Waals surface area (Å²) < 4.78 is 32.2. The van der Waals surface area contributed by atoms with Crippen LogP contribution in [-0.4, -0.2) is 33.1 Å². The molecule has 1 aliphatic carbocycles. The van der Waals surface area contributed by atoms with Gasteiger partial charge in [0.1, 0.15) is 37.8 Å². The van der Waals surface area contributed by atoms with Gasteiger partial charge in [0.25, 0.3) is 6.71 Å². The van der Waals surface area contributed by atoms with Crippen LogP contribution in [0.25, 0.3) is 66.8 Å². The quantitative estimate of drug-likeness (QED) is 0.154. The number of hydrogen-bond acceptors (Lipinski definition) is 7. The first-order valence-corrected chi connectivity index (χ1v) is 31.6. The van der Waals surface area contributed by atoms with Crippen LogP contribution in [0.1, 0.15) is 104 Å². The maximum Gasteiger partial charge on any atom is 0.252 e. The highest BCUT2D eigenvalue weighted by Crippen LogP contribution is 2.54. The average molecular weight is 1170 g/mol. The second kappa shape index (κ2) is 19.8. The van der Waals surface area contributed by atoms with E-state index in [1.807, 2.05) is 12.1 Å². The molecule has 16 rings (SSSR count). The van der Waals surface area contributed by atoms with Crippen LogP contribution in [0.4, 0.5) is 34.1 Å². The van der Waals surface area contributed by atoms with Crippen molar-refractivity contribution in [3.63, 3.8) is 0 Å². The van der Waals surface area contributed by atoms with Crippen molar-refractivity contribution in [2.75, 3.05) is 36.2 Å². The molecule has 5 heterocycles. The van der Waals surface area contributed by atoms with Gasteiger partial charge >= 0.3 is 0 Å². The third-order valence-electron chi connectivity index (χ3n) is 19.4. The molecule has 0 amide bonds. The highest BCUT2D eigenvalue weighted by molar-refractivity contribution is 7.00. The number of ether oxygens (including phenoxy) is 4. The predicted octanol–water partition coefficient (Wildman–Crippen LogP) is 18.9. The number of nitrogens with zero attached hydrogens (tertiary/aromatic N) is 2. The molecular formula is C81H73BN2O5. The largest absolute Gasteiger partial charge is 0.486 e. The lowest BCUT2D eigenvalue weighted by Gasteiger charge is -2.45. The molecule has 1 aromatic heterocycles. The fraction of sp³-hybridized carbons (Fsp3) is 0.235. The highest BCUT2D eigenvalue weighted by atomic mass is 16.6. The molecule has 0 spiro atoms. The van der Waals surface area contributed by atoms with Gasteiger partial charge in [-0.2, -0.15) is 0 Å². The number of furan rings is 1. The fourth-order valence-electron chi connectivity index (χ4n) is 14.5. The first-order valence-electron chi connectivity index (χ1n) is 31.6. The zero-order chi connectivity index (χ0) is 61.0. The van der Waals surface area contributed by atoms with Gasteiger partial charge in [0.15, 0.2) is 23.0 Å². The van der Waals surface area contributed by atoms with Gasteiger partial charge in [0.2, 0.25) is 0 Å². The molecule has 0 saturated carbocycles. The number of fused-ring (bicyclic) bond motifs is 10. The molecule has 89 heavy (non-hydrogen) atoms. The predicted molar refractivity (Wildman–Crippen MR) is 368 cm³/mol. The third kappa shape index (κ3) is 9.06. The number of benzene rings is 10. The van der Waals surface area contributed by atoms with Crippen LogP contribution < -0.4 is 45.1 Å². The molecule has 0 saturated heterocycles. The van der Waals surface area contributed by atoms with E-state index in [1.54, 1.807) is 0 Å². The molecule has 0 radical (unpaired) electrons. The number of hydrogen-bond donors (Lipinski definition) is 0. The van der Waals surface area contributed by atoms with E-state index < -0.39 is 0 Å². The first-order chi connectivity index (χ1) is 42.7. The van der Waals surface area contributed by atoms with Gasteiger partial charge < -0.3 is 33.2 Å². The van der Waals surface area contributed by atoms with Gasteiger partial charge in [-0.05, 0) is 184 Å². The van der Waals surface area contributed by atoms with Crippen molar-refractivity contribution in [3.8, 4) is 78.8 Å². The summed E-state index contributed by atoms with van der Waals surface area (Å²) in [5.41, 5.74) is 27.3. The summed E-state index contributed by atoms with van der Waals surface area (Å²) in [6.45, 7) is 27.2. The van der Waals surface area contributed by atoms with E-state index in [2.05, 4.69) is 268 Å². The van der Waals surface area contributed by atoms with E-state index in [0.717, 1.165) is 107 Å². The molecule has 0 N–H and O–H groups in total. The van der Waals surface area contributed by atoms with Crippen molar-refractivity contribution >= 4 is 68.2 Å². The summed E-state index contributed by atoms with van der Waals surface area (Å²) in [7, 11) is 0.